The molecule has 1 amide bonds. The van der Waals surface area contributed by atoms with Gasteiger partial charge in [0.2, 0.25) is 0 Å². The number of hydrogen-bond acceptors (Lipinski definition) is 4. The maximum absolute atomic E-state index is 12.0. The molecule has 7 nitrogen and oxygen atoms in total. The lowest BCUT2D eigenvalue weighted by molar-refractivity contribution is 0.0954. The number of pyridine rings is 1. The van der Waals surface area contributed by atoms with Gasteiger partial charge in [0.25, 0.3) is 5.91 Å². The van der Waals surface area contributed by atoms with E-state index < -0.39 is 0 Å². The van der Waals surface area contributed by atoms with Crippen LogP contribution >= 0.6 is 0 Å². The first-order chi connectivity index (χ1) is 14.6. The molecule has 1 heterocycles. The van der Waals surface area contributed by atoms with E-state index in [1.54, 1.807) is 24.5 Å². The Morgan fingerprint density at radius 3 is 2.57 bits per heavy atom. The molecule has 3 N–H and O–H groups in total. The molecule has 1 aromatic heterocycles. The number of benzene rings is 1. The Morgan fingerprint density at radius 1 is 1.10 bits per heavy atom. The smallest absolute Gasteiger partial charge is 0.252 e. The van der Waals surface area contributed by atoms with E-state index in [0.717, 1.165) is 32.0 Å². The Morgan fingerprint density at radius 2 is 1.87 bits per heavy atom. The molecule has 0 spiro atoms. The van der Waals surface area contributed by atoms with Crippen LogP contribution in [0, 0.1) is 0 Å². The summed E-state index contributed by atoms with van der Waals surface area (Å²) < 4.78 is 0. The van der Waals surface area contributed by atoms with E-state index in [4.69, 9.17) is 0 Å². The van der Waals surface area contributed by atoms with Gasteiger partial charge in [-0.05, 0) is 45.0 Å². The van der Waals surface area contributed by atoms with Crippen molar-refractivity contribution < 1.29 is 4.79 Å². The van der Waals surface area contributed by atoms with Crippen LogP contribution in [0.15, 0.2) is 59.9 Å². The molecular formula is C23H34N6O. The zero-order chi connectivity index (χ0) is 21.6. The summed E-state index contributed by atoms with van der Waals surface area (Å²) in [4.78, 5) is 23.0. The van der Waals surface area contributed by atoms with E-state index in [1.165, 1.54) is 5.56 Å². The molecule has 0 fully saturated rings. The van der Waals surface area contributed by atoms with Crippen LogP contribution in [-0.4, -0.2) is 61.0 Å². The van der Waals surface area contributed by atoms with Gasteiger partial charge in [-0.15, -0.1) is 0 Å². The quantitative estimate of drug-likeness (QED) is 0.301. The van der Waals surface area contributed by atoms with Crippen molar-refractivity contribution in [2.24, 2.45) is 4.99 Å². The van der Waals surface area contributed by atoms with E-state index >= 15 is 0 Å². The van der Waals surface area contributed by atoms with Gasteiger partial charge in [0.1, 0.15) is 0 Å². The van der Waals surface area contributed by atoms with Crippen LogP contribution in [0.2, 0.25) is 0 Å². The van der Waals surface area contributed by atoms with Crippen LogP contribution in [0.4, 0.5) is 0 Å². The summed E-state index contributed by atoms with van der Waals surface area (Å²) in [5.74, 6) is 0.646. The van der Waals surface area contributed by atoms with Crippen LogP contribution in [0.25, 0.3) is 0 Å². The van der Waals surface area contributed by atoms with E-state index in [2.05, 4.69) is 69.1 Å². The highest BCUT2D eigenvalue weighted by Gasteiger charge is 2.09. The number of nitrogens with one attached hydrogen (secondary N) is 3. The van der Waals surface area contributed by atoms with Gasteiger partial charge < -0.3 is 16.0 Å². The summed E-state index contributed by atoms with van der Waals surface area (Å²) >= 11 is 0. The highest BCUT2D eigenvalue weighted by atomic mass is 16.1. The topological polar surface area (TPSA) is 81.7 Å². The van der Waals surface area contributed by atoms with Crippen LogP contribution in [0.3, 0.4) is 0 Å². The SMILES string of the molecule is CCNC(=NCCC(C)N(C)Cc1ccccc1)NCCNC(=O)c1cccnc1. The molecule has 1 aromatic carbocycles. The second-order valence-electron chi connectivity index (χ2n) is 7.22. The third-order valence-corrected chi connectivity index (χ3v) is 4.81. The third-order valence-electron chi connectivity index (χ3n) is 4.81. The average molecular weight is 411 g/mol. The fourth-order valence-corrected chi connectivity index (χ4v) is 2.91. The summed E-state index contributed by atoms with van der Waals surface area (Å²) in [5, 5.41) is 9.39. The Kier molecular flexibility index (Phi) is 10.4. The molecule has 0 bridgehead atoms. The molecule has 0 saturated heterocycles. The third kappa shape index (κ3) is 8.61. The first-order valence-electron chi connectivity index (χ1n) is 10.5. The molecule has 162 valence electrons. The van der Waals surface area contributed by atoms with Crippen LogP contribution < -0.4 is 16.0 Å². The van der Waals surface area contributed by atoms with Crippen LogP contribution in [0.5, 0.6) is 0 Å². The van der Waals surface area contributed by atoms with E-state index in [0.29, 0.717) is 24.7 Å². The van der Waals surface area contributed by atoms with Crippen molar-refractivity contribution in [1.82, 2.24) is 25.8 Å². The fourth-order valence-electron chi connectivity index (χ4n) is 2.91. The van der Waals surface area contributed by atoms with Crippen molar-refractivity contribution in [3.63, 3.8) is 0 Å². The molecule has 0 aliphatic rings. The highest BCUT2D eigenvalue weighted by Crippen LogP contribution is 2.08. The van der Waals surface area contributed by atoms with Crippen molar-refractivity contribution >= 4 is 11.9 Å². The summed E-state index contributed by atoms with van der Waals surface area (Å²) in [5.41, 5.74) is 1.88. The zero-order valence-electron chi connectivity index (χ0n) is 18.3. The minimum atomic E-state index is -0.123. The molecule has 7 heteroatoms. The summed E-state index contributed by atoms with van der Waals surface area (Å²) in [7, 11) is 2.15. The van der Waals surface area contributed by atoms with Crippen molar-refractivity contribution in [1.29, 1.82) is 0 Å². The van der Waals surface area contributed by atoms with Crippen molar-refractivity contribution in [3.05, 3.63) is 66.0 Å². The average Bonchev–Trinajstić information content (AvgIpc) is 2.77. The van der Waals surface area contributed by atoms with E-state index in [-0.39, 0.29) is 5.91 Å². The standard InChI is InChI=1S/C23H34N6O/c1-4-25-23(28-16-15-26-22(30)21-11-8-13-24-17-21)27-14-12-19(2)29(3)18-20-9-6-5-7-10-20/h5-11,13,17,19H,4,12,14-16,18H2,1-3H3,(H,26,30)(H2,25,27,28). The van der Waals surface area contributed by atoms with Crippen LogP contribution in [0.1, 0.15) is 36.2 Å². The Bertz CT molecular complexity index is 766. The number of carbonyl (C=O) groups excluding carboxylic acids is 1. The summed E-state index contributed by atoms with van der Waals surface area (Å²) in [6.07, 6.45) is 4.18. The lowest BCUT2D eigenvalue weighted by Gasteiger charge is -2.24. The number of guanidine groups is 1. The summed E-state index contributed by atoms with van der Waals surface area (Å²) in [6, 6.07) is 14.4. The van der Waals surface area contributed by atoms with Gasteiger partial charge in [-0.2, -0.15) is 0 Å². The first-order valence-corrected chi connectivity index (χ1v) is 10.5. The van der Waals surface area contributed by atoms with Gasteiger partial charge in [0.05, 0.1) is 5.56 Å². The molecule has 0 radical (unpaired) electrons. The number of nitrogens with zero attached hydrogens (tertiary/aromatic N) is 3. The van der Waals surface area contributed by atoms with Gasteiger partial charge in [-0.25, -0.2) is 0 Å². The number of aliphatic imine (C=N–C) groups is 1. The van der Waals surface area contributed by atoms with Crippen molar-refractivity contribution in [3.8, 4) is 0 Å². The van der Waals surface area contributed by atoms with Crippen molar-refractivity contribution in [2.75, 3.05) is 33.2 Å². The number of carbonyl (C=O) groups is 1. The van der Waals surface area contributed by atoms with Crippen LogP contribution in [-0.2, 0) is 6.54 Å². The lowest BCUT2D eigenvalue weighted by atomic mass is 10.1. The van der Waals surface area contributed by atoms with Gasteiger partial charge in [-0.1, -0.05) is 30.3 Å². The molecule has 0 aliphatic heterocycles. The van der Waals surface area contributed by atoms with E-state index in [9.17, 15) is 4.79 Å². The molecular weight excluding hydrogens is 376 g/mol. The zero-order valence-corrected chi connectivity index (χ0v) is 18.3. The molecule has 2 rings (SSSR count). The maximum atomic E-state index is 12.0. The monoisotopic (exact) mass is 410 g/mol. The van der Waals surface area contributed by atoms with Gasteiger partial charge in [0, 0.05) is 51.2 Å². The second kappa shape index (κ2) is 13.3. The van der Waals surface area contributed by atoms with Crippen molar-refractivity contribution in [2.45, 2.75) is 32.9 Å². The molecule has 1 unspecified atom stereocenters. The minimum absolute atomic E-state index is 0.123. The summed E-state index contributed by atoms with van der Waals surface area (Å²) in [6.45, 7) is 7.83. The second-order valence-corrected chi connectivity index (χ2v) is 7.22. The first kappa shape index (κ1) is 23.3. The number of aromatic nitrogens is 1. The Balaban J connectivity index is 1.70. The highest BCUT2D eigenvalue weighted by molar-refractivity contribution is 5.93. The minimum Gasteiger partial charge on any atom is -0.357 e. The number of hydrogen-bond donors (Lipinski definition) is 3. The van der Waals surface area contributed by atoms with Gasteiger partial charge >= 0.3 is 0 Å². The fraction of sp³-hybridized carbons (Fsp3) is 0.435. The molecule has 0 aliphatic carbocycles. The largest absolute Gasteiger partial charge is 0.357 e. The number of rotatable bonds is 11. The maximum Gasteiger partial charge on any atom is 0.252 e. The molecule has 1 atom stereocenters. The molecule has 2 aromatic rings. The lowest BCUT2D eigenvalue weighted by Crippen LogP contribution is -2.41. The number of amides is 1. The predicted octanol–water partition coefficient (Wildman–Crippen LogP) is 2.28. The van der Waals surface area contributed by atoms with Gasteiger partial charge in [-0.3, -0.25) is 19.7 Å². The molecule has 0 saturated carbocycles. The Labute approximate surface area is 180 Å². The van der Waals surface area contributed by atoms with Gasteiger partial charge in [0.15, 0.2) is 5.96 Å². The molecule has 30 heavy (non-hydrogen) atoms. The Hall–Kier alpha value is -2.93. The van der Waals surface area contributed by atoms with E-state index in [1.807, 2.05) is 13.0 Å². The normalized spacial score (nSPS) is 12.5. The predicted molar refractivity (Wildman–Crippen MR) is 123 cm³/mol.